The van der Waals surface area contributed by atoms with Crippen molar-refractivity contribution < 1.29 is 24.2 Å². The molecule has 3 saturated carbocycles. The van der Waals surface area contributed by atoms with E-state index in [1.54, 1.807) is 0 Å². The zero-order valence-electron chi connectivity index (χ0n) is 20.6. The summed E-state index contributed by atoms with van der Waals surface area (Å²) in [5, 5.41) is 10.8. The van der Waals surface area contributed by atoms with Gasteiger partial charge in [-0.3, -0.25) is 4.79 Å². The molecule has 5 rings (SSSR count). The van der Waals surface area contributed by atoms with Crippen LogP contribution in [0, 0.1) is 45.3 Å². The van der Waals surface area contributed by atoms with Crippen molar-refractivity contribution in [2.75, 3.05) is 0 Å². The highest BCUT2D eigenvalue weighted by atomic mass is 16.6. The molecule has 4 fully saturated rings. The van der Waals surface area contributed by atoms with Crippen LogP contribution in [0.1, 0.15) is 86.5 Å². The maximum absolute atomic E-state index is 12.5. The molecule has 1 aliphatic heterocycles. The van der Waals surface area contributed by atoms with Gasteiger partial charge in [0.2, 0.25) is 6.29 Å². The van der Waals surface area contributed by atoms with Gasteiger partial charge in [0.25, 0.3) is 0 Å². The summed E-state index contributed by atoms with van der Waals surface area (Å²) in [6.45, 7) is 13.5. The van der Waals surface area contributed by atoms with Crippen molar-refractivity contribution >= 4 is 11.9 Å². The number of rotatable bonds is 1. The van der Waals surface area contributed by atoms with Crippen LogP contribution < -0.4 is 0 Å². The molecule has 0 aromatic rings. The number of hydrogen-bond acceptors (Lipinski definition) is 5. The van der Waals surface area contributed by atoms with Crippen molar-refractivity contribution in [2.45, 2.75) is 98.9 Å². The summed E-state index contributed by atoms with van der Waals surface area (Å²) >= 11 is 0. The number of ether oxygens (including phenoxy) is 2. The molecule has 4 aliphatic carbocycles. The number of carbonyl (C=O) groups excluding carboxylic acids is 2. The Balaban J connectivity index is 1.64. The number of aliphatic hydroxyl groups excluding tert-OH is 1. The first-order valence-corrected chi connectivity index (χ1v) is 12.6. The van der Waals surface area contributed by atoms with E-state index >= 15 is 0 Å². The number of esters is 2. The van der Waals surface area contributed by atoms with Crippen molar-refractivity contribution in [3.05, 3.63) is 11.6 Å². The molecular weight excluding hydrogens is 404 g/mol. The van der Waals surface area contributed by atoms with Crippen LogP contribution in [0.5, 0.6) is 0 Å². The van der Waals surface area contributed by atoms with Crippen LogP contribution >= 0.6 is 0 Å². The Morgan fingerprint density at radius 1 is 1.06 bits per heavy atom. The molecule has 1 heterocycles. The van der Waals surface area contributed by atoms with E-state index in [0.717, 1.165) is 19.3 Å². The molecule has 178 valence electrons. The fraction of sp³-hybridized carbons (Fsp3) is 0.852. The molecule has 1 saturated heterocycles. The normalized spacial score (nSPS) is 51.3. The second kappa shape index (κ2) is 6.84. The lowest BCUT2D eigenvalue weighted by Crippen LogP contribution is -2.67. The highest BCUT2D eigenvalue weighted by Crippen LogP contribution is 2.73. The van der Waals surface area contributed by atoms with Crippen LogP contribution in [-0.2, 0) is 19.1 Å². The summed E-state index contributed by atoms with van der Waals surface area (Å²) in [5.41, 5.74) is 0.651. The van der Waals surface area contributed by atoms with Gasteiger partial charge in [0.05, 0.1) is 5.92 Å². The van der Waals surface area contributed by atoms with Crippen LogP contribution in [0.2, 0.25) is 0 Å². The van der Waals surface area contributed by atoms with Gasteiger partial charge in [0.1, 0.15) is 6.10 Å². The fourth-order valence-corrected chi connectivity index (χ4v) is 9.98. The quantitative estimate of drug-likeness (QED) is 0.575. The first kappa shape index (κ1) is 22.4. The predicted molar refractivity (Wildman–Crippen MR) is 120 cm³/mol. The van der Waals surface area contributed by atoms with E-state index in [4.69, 9.17) is 9.47 Å². The van der Waals surface area contributed by atoms with E-state index in [1.807, 2.05) is 6.08 Å². The molecule has 0 bridgehead atoms. The standard InChI is InChI=1S/C27H40O5/c1-15(28)31-20-14-19-25(4)12-7-11-24(2,3)17(25)10-13-26(19,5)18-9-8-16-21(27(18,20)6)23(30)32-22(16)29/h8,17-21,23,30H,7,9-14H2,1-6H3/t17-,18-,19-,20+,21+,23+,25+,26-,27+/m1/s1. The first-order valence-electron chi connectivity index (χ1n) is 12.6. The van der Waals surface area contributed by atoms with Gasteiger partial charge in [-0.05, 0) is 72.5 Å². The maximum atomic E-state index is 12.5. The lowest BCUT2D eigenvalue weighted by molar-refractivity contribution is -0.252. The minimum absolute atomic E-state index is 0.0669. The fourth-order valence-electron chi connectivity index (χ4n) is 9.98. The topological polar surface area (TPSA) is 72.8 Å². The van der Waals surface area contributed by atoms with Crippen LogP contribution in [0.3, 0.4) is 0 Å². The summed E-state index contributed by atoms with van der Waals surface area (Å²) in [4.78, 5) is 24.8. The summed E-state index contributed by atoms with van der Waals surface area (Å²) < 4.78 is 11.4. The van der Waals surface area contributed by atoms with E-state index in [2.05, 4.69) is 34.6 Å². The molecule has 0 unspecified atom stereocenters. The van der Waals surface area contributed by atoms with Crippen LogP contribution in [-0.4, -0.2) is 29.4 Å². The van der Waals surface area contributed by atoms with Gasteiger partial charge in [-0.25, -0.2) is 4.79 Å². The van der Waals surface area contributed by atoms with Crippen molar-refractivity contribution in [3.63, 3.8) is 0 Å². The van der Waals surface area contributed by atoms with E-state index < -0.39 is 23.6 Å². The molecule has 5 heteroatoms. The van der Waals surface area contributed by atoms with E-state index in [1.165, 1.54) is 32.6 Å². The molecule has 0 spiro atoms. The molecular formula is C27H40O5. The Morgan fingerprint density at radius 2 is 1.75 bits per heavy atom. The second-order valence-corrected chi connectivity index (χ2v) is 12.9. The largest absolute Gasteiger partial charge is 0.462 e. The molecule has 0 aromatic carbocycles. The third-order valence-electron chi connectivity index (χ3n) is 11.2. The Kier molecular flexibility index (Phi) is 4.79. The number of hydrogen-bond donors (Lipinski definition) is 1. The second-order valence-electron chi connectivity index (χ2n) is 12.9. The van der Waals surface area contributed by atoms with Gasteiger partial charge in [0.15, 0.2) is 0 Å². The average molecular weight is 445 g/mol. The summed E-state index contributed by atoms with van der Waals surface area (Å²) in [5.74, 6) is 0.196. The zero-order valence-corrected chi connectivity index (χ0v) is 20.6. The van der Waals surface area contributed by atoms with Crippen LogP contribution in [0.4, 0.5) is 0 Å². The summed E-state index contributed by atoms with van der Waals surface area (Å²) in [7, 11) is 0. The SMILES string of the molecule is CC(=O)O[C@H]1C[C@H]2[C@](C)(CC[C@@H]3C(C)(C)CCC[C@]23C)[C@H]2CC=C3C(=O)O[C@H](O)[C@H]3[C@]12C. The minimum Gasteiger partial charge on any atom is -0.462 e. The monoisotopic (exact) mass is 444 g/mol. The number of fused-ring (bicyclic) bond motifs is 7. The summed E-state index contributed by atoms with van der Waals surface area (Å²) in [6, 6.07) is 0. The Bertz CT molecular complexity index is 875. The molecule has 9 atom stereocenters. The van der Waals surface area contributed by atoms with E-state index in [-0.39, 0.29) is 28.8 Å². The Morgan fingerprint density at radius 3 is 2.44 bits per heavy atom. The average Bonchev–Trinajstić information content (AvgIpc) is 2.97. The van der Waals surface area contributed by atoms with Gasteiger partial charge in [-0.2, -0.15) is 0 Å². The lowest BCUT2D eigenvalue weighted by atomic mass is 9.34. The van der Waals surface area contributed by atoms with Gasteiger partial charge in [-0.15, -0.1) is 0 Å². The highest BCUT2D eigenvalue weighted by molar-refractivity contribution is 5.91. The molecule has 0 radical (unpaired) electrons. The number of carbonyl (C=O) groups is 2. The van der Waals surface area contributed by atoms with Crippen LogP contribution in [0.25, 0.3) is 0 Å². The molecule has 32 heavy (non-hydrogen) atoms. The van der Waals surface area contributed by atoms with Gasteiger partial charge < -0.3 is 14.6 Å². The van der Waals surface area contributed by atoms with E-state index in [0.29, 0.717) is 22.8 Å². The molecule has 1 N–H and O–H groups in total. The van der Waals surface area contributed by atoms with Crippen molar-refractivity contribution in [2.24, 2.45) is 45.3 Å². The first-order chi connectivity index (χ1) is 14.9. The predicted octanol–water partition coefficient (Wildman–Crippen LogP) is 5.01. The molecule has 5 nitrogen and oxygen atoms in total. The van der Waals surface area contributed by atoms with Gasteiger partial charge >= 0.3 is 11.9 Å². The van der Waals surface area contributed by atoms with E-state index in [9.17, 15) is 14.7 Å². The van der Waals surface area contributed by atoms with Gasteiger partial charge in [0, 0.05) is 17.9 Å². The van der Waals surface area contributed by atoms with Crippen molar-refractivity contribution in [3.8, 4) is 0 Å². The highest BCUT2D eigenvalue weighted by Gasteiger charge is 2.71. The number of aliphatic hydroxyl groups is 1. The maximum Gasteiger partial charge on any atom is 0.336 e. The third kappa shape index (κ3) is 2.72. The lowest BCUT2D eigenvalue weighted by Gasteiger charge is -2.70. The van der Waals surface area contributed by atoms with Crippen molar-refractivity contribution in [1.29, 1.82) is 0 Å². The van der Waals surface area contributed by atoms with Crippen molar-refractivity contribution in [1.82, 2.24) is 0 Å². The van der Waals surface area contributed by atoms with Gasteiger partial charge in [-0.1, -0.05) is 47.1 Å². The third-order valence-corrected chi connectivity index (χ3v) is 11.2. The Labute approximate surface area is 192 Å². The Hall–Kier alpha value is -1.36. The number of cyclic esters (lactones) is 1. The summed E-state index contributed by atoms with van der Waals surface area (Å²) in [6.07, 6.45) is 8.23. The zero-order chi connectivity index (χ0) is 23.3. The minimum atomic E-state index is -1.17. The smallest absolute Gasteiger partial charge is 0.336 e. The molecule has 0 aromatic heterocycles. The van der Waals surface area contributed by atoms with Crippen LogP contribution in [0.15, 0.2) is 11.6 Å². The number of allylic oxidation sites excluding steroid dienone is 1. The molecule has 5 aliphatic rings. The molecule has 0 amide bonds.